The SMILES string of the molecule is O=Cc1ccc(C(=O)NCCCOCCCCOCCCNC(=O)c2ccc(C=O)cc2)cc1. The molecule has 182 valence electrons. The number of nitrogens with one attached hydrogen (secondary N) is 2. The summed E-state index contributed by atoms with van der Waals surface area (Å²) in [6, 6.07) is 13.0. The topological polar surface area (TPSA) is 111 Å². The molecule has 2 N–H and O–H groups in total. The van der Waals surface area contributed by atoms with Crippen molar-refractivity contribution in [2.24, 2.45) is 0 Å². The van der Waals surface area contributed by atoms with Crippen LogP contribution in [0.4, 0.5) is 0 Å². The summed E-state index contributed by atoms with van der Waals surface area (Å²) in [7, 11) is 0. The van der Waals surface area contributed by atoms with Crippen molar-refractivity contribution in [2.45, 2.75) is 25.7 Å². The highest BCUT2D eigenvalue weighted by molar-refractivity contribution is 5.95. The Balaban J connectivity index is 1.36. The van der Waals surface area contributed by atoms with E-state index in [2.05, 4.69) is 10.6 Å². The maximum absolute atomic E-state index is 12.0. The number of ether oxygens (including phenoxy) is 2. The molecule has 0 aliphatic rings. The van der Waals surface area contributed by atoms with Gasteiger partial charge in [-0.05, 0) is 49.9 Å². The van der Waals surface area contributed by atoms with E-state index in [4.69, 9.17) is 9.47 Å². The minimum atomic E-state index is -0.164. The lowest BCUT2D eigenvalue weighted by Crippen LogP contribution is -2.25. The first kappa shape index (κ1) is 26.9. The third kappa shape index (κ3) is 10.5. The maximum atomic E-state index is 12.0. The van der Waals surface area contributed by atoms with E-state index < -0.39 is 0 Å². The second-order valence-electron chi connectivity index (χ2n) is 7.63. The van der Waals surface area contributed by atoms with Crippen LogP contribution in [0.5, 0.6) is 0 Å². The number of aldehydes is 2. The molecule has 2 aromatic rings. The van der Waals surface area contributed by atoms with E-state index in [1.165, 1.54) is 0 Å². The quantitative estimate of drug-likeness (QED) is 0.273. The molecule has 0 bridgehead atoms. The van der Waals surface area contributed by atoms with Crippen LogP contribution >= 0.6 is 0 Å². The van der Waals surface area contributed by atoms with Crippen LogP contribution in [0.1, 0.15) is 67.1 Å². The van der Waals surface area contributed by atoms with Crippen molar-refractivity contribution in [3.05, 3.63) is 70.8 Å². The van der Waals surface area contributed by atoms with Gasteiger partial charge in [-0.3, -0.25) is 19.2 Å². The van der Waals surface area contributed by atoms with E-state index in [-0.39, 0.29) is 11.8 Å². The van der Waals surface area contributed by atoms with Crippen LogP contribution in [0.15, 0.2) is 48.5 Å². The van der Waals surface area contributed by atoms with E-state index in [9.17, 15) is 19.2 Å². The van der Waals surface area contributed by atoms with E-state index in [1.807, 2.05) is 0 Å². The zero-order valence-electron chi connectivity index (χ0n) is 19.3. The number of carbonyl (C=O) groups is 4. The molecule has 0 radical (unpaired) electrons. The molecule has 0 heterocycles. The predicted molar refractivity (Wildman–Crippen MR) is 128 cm³/mol. The maximum Gasteiger partial charge on any atom is 0.251 e. The average molecular weight is 469 g/mol. The Labute approximate surface area is 200 Å². The van der Waals surface area contributed by atoms with E-state index in [0.717, 1.165) is 38.3 Å². The molecule has 0 saturated carbocycles. The molecule has 0 aliphatic heterocycles. The van der Waals surface area contributed by atoms with Crippen LogP contribution in [-0.4, -0.2) is 63.9 Å². The second-order valence-corrected chi connectivity index (χ2v) is 7.63. The van der Waals surface area contributed by atoms with Gasteiger partial charge in [0.05, 0.1) is 0 Å². The summed E-state index contributed by atoms with van der Waals surface area (Å²) in [5, 5.41) is 5.65. The fourth-order valence-electron chi connectivity index (χ4n) is 2.99. The summed E-state index contributed by atoms with van der Waals surface area (Å²) in [6.45, 7) is 3.48. The molecule has 0 aliphatic carbocycles. The first-order valence-corrected chi connectivity index (χ1v) is 11.5. The highest BCUT2D eigenvalue weighted by Crippen LogP contribution is 2.03. The predicted octanol–water partition coefficient (Wildman–Crippen LogP) is 3.07. The Hall–Kier alpha value is -3.36. The number of amides is 2. The van der Waals surface area contributed by atoms with Crippen LogP contribution in [0, 0.1) is 0 Å². The van der Waals surface area contributed by atoms with Crippen molar-refractivity contribution in [1.29, 1.82) is 0 Å². The van der Waals surface area contributed by atoms with Gasteiger partial charge in [-0.15, -0.1) is 0 Å². The molecule has 0 atom stereocenters. The van der Waals surface area contributed by atoms with Gasteiger partial charge in [0.25, 0.3) is 11.8 Å². The third-order valence-electron chi connectivity index (χ3n) is 4.95. The minimum Gasteiger partial charge on any atom is -0.381 e. The molecule has 2 aromatic carbocycles. The molecule has 2 rings (SSSR count). The minimum absolute atomic E-state index is 0.164. The van der Waals surface area contributed by atoms with Crippen LogP contribution < -0.4 is 10.6 Å². The first-order valence-electron chi connectivity index (χ1n) is 11.5. The van der Waals surface area contributed by atoms with Crippen molar-refractivity contribution in [3.63, 3.8) is 0 Å². The lowest BCUT2D eigenvalue weighted by atomic mass is 10.1. The van der Waals surface area contributed by atoms with E-state index in [0.29, 0.717) is 61.8 Å². The molecule has 8 nitrogen and oxygen atoms in total. The number of benzene rings is 2. The van der Waals surface area contributed by atoms with Gasteiger partial charge >= 0.3 is 0 Å². The van der Waals surface area contributed by atoms with Crippen LogP contribution in [0.2, 0.25) is 0 Å². The molecular formula is C26H32N2O6. The molecule has 0 aromatic heterocycles. The fourth-order valence-corrected chi connectivity index (χ4v) is 2.99. The number of carbonyl (C=O) groups excluding carboxylic acids is 4. The Morgan fingerprint density at radius 2 is 0.941 bits per heavy atom. The molecular weight excluding hydrogens is 436 g/mol. The van der Waals surface area contributed by atoms with Gasteiger partial charge in [0.1, 0.15) is 12.6 Å². The average Bonchev–Trinajstić information content (AvgIpc) is 2.88. The van der Waals surface area contributed by atoms with Gasteiger partial charge in [0.2, 0.25) is 0 Å². The highest BCUT2D eigenvalue weighted by Gasteiger charge is 2.05. The fraction of sp³-hybridized carbons (Fsp3) is 0.385. The van der Waals surface area contributed by atoms with Gasteiger partial charge in [-0.25, -0.2) is 0 Å². The summed E-state index contributed by atoms with van der Waals surface area (Å²) >= 11 is 0. The summed E-state index contributed by atoms with van der Waals surface area (Å²) in [4.78, 5) is 45.2. The number of hydrogen-bond donors (Lipinski definition) is 2. The second kappa shape index (κ2) is 16.3. The van der Waals surface area contributed by atoms with Crippen LogP contribution in [0.25, 0.3) is 0 Å². The Morgan fingerprint density at radius 3 is 1.29 bits per heavy atom. The molecule has 34 heavy (non-hydrogen) atoms. The van der Waals surface area contributed by atoms with Crippen LogP contribution in [0.3, 0.4) is 0 Å². The third-order valence-corrected chi connectivity index (χ3v) is 4.95. The monoisotopic (exact) mass is 468 g/mol. The number of hydrogen-bond acceptors (Lipinski definition) is 6. The zero-order chi connectivity index (χ0) is 24.4. The van der Waals surface area contributed by atoms with Crippen molar-refractivity contribution in [2.75, 3.05) is 39.5 Å². The smallest absolute Gasteiger partial charge is 0.251 e. The molecule has 0 spiro atoms. The molecule has 8 heteroatoms. The normalized spacial score (nSPS) is 10.5. The Morgan fingerprint density at radius 1 is 0.588 bits per heavy atom. The first-order chi connectivity index (χ1) is 16.6. The van der Waals surface area contributed by atoms with Gasteiger partial charge in [-0.2, -0.15) is 0 Å². The van der Waals surface area contributed by atoms with Gasteiger partial charge in [-0.1, -0.05) is 24.3 Å². The standard InChI is InChI=1S/C26H32N2O6/c29-19-21-5-9-23(10-6-21)25(31)27-13-3-17-33-15-1-2-16-34-18-4-14-28-26(32)24-11-7-22(20-30)8-12-24/h5-12,19-20H,1-4,13-18H2,(H,27,31)(H,28,32). The van der Waals surface area contributed by atoms with Gasteiger partial charge < -0.3 is 20.1 Å². The molecule has 0 unspecified atom stereocenters. The largest absolute Gasteiger partial charge is 0.381 e. The summed E-state index contributed by atoms with van der Waals surface area (Å²) in [6.07, 6.45) is 4.72. The molecule has 2 amide bonds. The van der Waals surface area contributed by atoms with Gasteiger partial charge in [0, 0.05) is 61.8 Å². The van der Waals surface area contributed by atoms with Crippen molar-refractivity contribution < 1.29 is 28.7 Å². The summed E-state index contributed by atoms with van der Waals surface area (Å²) in [5.41, 5.74) is 2.14. The Bertz CT molecular complexity index is 821. The van der Waals surface area contributed by atoms with E-state index >= 15 is 0 Å². The zero-order valence-corrected chi connectivity index (χ0v) is 19.3. The molecule has 0 fully saturated rings. The lowest BCUT2D eigenvalue weighted by Gasteiger charge is -2.08. The molecule has 0 saturated heterocycles. The summed E-state index contributed by atoms with van der Waals surface area (Å²) < 4.78 is 11.1. The highest BCUT2D eigenvalue weighted by atomic mass is 16.5. The van der Waals surface area contributed by atoms with Crippen molar-refractivity contribution in [3.8, 4) is 0 Å². The van der Waals surface area contributed by atoms with E-state index in [1.54, 1.807) is 48.5 Å². The van der Waals surface area contributed by atoms with Crippen molar-refractivity contribution >= 4 is 24.4 Å². The summed E-state index contributed by atoms with van der Waals surface area (Å²) in [5.74, 6) is -0.329. The van der Waals surface area contributed by atoms with Crippen molar-refractivity contribution in [1.82, 2.24) is 10.6 Å². The Kier molecular flexibility index (Phi) is 12.9. The number of unbranched alkanes of at least 4 members (excludes halogenated alkanes) is 1. The lowest BCUT2D eigenvalue weighted by molar-refractivity contribution is 0.0902. The number of rotatable bonds is 17. The van der Waals surface area contributed by atoms with Gasteiger partial charge in [0.15, 0.2) is 0 Å². The van der Waals surface area contributed by atoms with Crippen LogP contribution in [-0.2, 0) is 9.47 Å².